The molecule has 0 unspecified atom stereocenters. The third-order valence-corrected chi connectivity index (χ3v) is 6.45. The van der Waals surface area contributed by atoms with Crippen molar-refractivity contribution in [2.45, 2.75) is 25.9 Å². The minimum absolute atomic E-state index is 0.109. The molecule has 1 N–H and O–H groups in total. The number of aromatic nitrogens is 3. The van der Waals surface area contributed by atoms with Gasteiger partial charge in [-0.3, -0.25) is 9.36 Å². The number of thioether (sulfide) groups is 1. The van der Waals surface area contributed by atoms with E-state index >= 15 is 0 Å². The molecule has 1 heterocycles. The van der Waals surface area contributed by atoms with Crippen LogP contribution in [0.3, 0.4) is 0 Å². The maximum Gasteiger partial charge on any atom is 0.234 e. The van der Waals surface area contributed by atoms with Crippen LogP contribution in [0.4, 0.5) is 5.69 Å². The maximum absolute atomic E-state index is 12.6. The van der Waals surface area contributed by atoms with Crippen LogP contribution >= 0.6 is 23.4 Å². The number of benzene rings is 3. The molecule has 0 bridgehead atoms. The van der Waals surface area contributed by atoms with Gasteiger partial charge in [0.1, 0.15) is 5.75 Å². The maximum atomic E-state index is 12.6. The van der Waals surface area contributed by atoms with Crippen molar-refractivity contribution in [3.05, 3.63) is 82.9 Å². The monoisotopic (exact) mass is 492 g/mol. The Kier molecular flexibility index (Phi) is 7.55. The second kappa shape index (κ2) is 10.8. The molecule has 34 heavy (non-hydrogen) atoms. The van der Waals surface area contributed by atoms with Crippen LogP contribution in [0.1, 0.15) is 18.1 Å². The lowest BCUT2D eigenvalue weighted by Gasteiger charge is -2.12. The van der Waals surface area contributed by atoms with Crippen LogP contribution in [0.15, 0.2) is 71.9 Å². The third-order valence-electron chi connectivity index (χ3n) is 5.26. The van der Waals surface area contributed by atoms with Crippen LogP contribution in [-0.4, -0.2) is 33.0 Å². The minimum Gasteiger partial charge on any atom is -0.494 e. The number of carbonyl (C=O) groups excluding carboxylic acids is 1. The van der Waals surface area contributed by atoms with Gasteiger partial charge in [0.2, 0.25) is 5.91 Å². The third kappa shape index (κ3) is 5.61. The summed E-state index contributed by atoms with van der Waals surface area (Å²) in [6.07, 6.45) is 0. The Morgan fingerprint density at radius 3 is 2.41 bits per heavy atom. The number of halogens is 1. The van der Waals surface area contributed by atoms with Crippen LogP contribution < -0.4 is 10.1 Å². The summed E-state index contributed by atoms with van der Waals surface area (Å²) in [6, 6.07) is 21.0. The summed E-state index contributed by atoms with van der Waals surface area (Å²) in [5.74, 6) is 1.54. The fourth-order valence-electron chi connectivity index (χ4n) is 3.39. The van der Waals surface area contributed by atoms with Crippen molar-refractivity contribution in [2.75, 3.05) is 17.7 Å². The van der Waals surface area contributed by atoms with Crippen molar-refractivity contribution >= 4 is 35.0 Å². The van der Waals surface area contributed by atoms with Gasteiger partial charge in [0.05, 0.1) is 12.4 Å². The lowest BCUT2D eigenvalue weighted by atomic mass is 10.1. The van der Waals surface area contributed by atoms with Crippen molar-refractivity contribution < 1.29 is 9.53 Å². The topological polar surface area (TPSA) is 69.0 Å². The van der Waals surface area contributed by atoms with Crippen molar-refractivity contribution in [3.8, 4) is 22.8 Å². The smallest absolute Gasteiger partial charge is 0.234 e. The van der Waals surface area contributed by atoms with Gasteiger partial charge >= 0.3 is 0 Å². The van der Waals surface area contributed by atoms with Gasteiger partial charge in [0.25, 0.3) is 0 Å². The molecule has 0 aliphatic heterocycles. The Labute approximate surface area is 208 Å². The number of nitrogens with zero attached hydrogens (tertiary/aromatic N) is 3. The molecule has 0 aliphatic carbocycles. The Bertz CT molecular complexity index is 1290. The molecular formula is C26H25ClN4O2S. The van der Waals surface area contributed by atoms with E-state index in [1.165, 1.54) is 17.3 Å². The normalized spacial score (nSPS) is 10.8. The highest BCUT2D eigenvalue weighted by atomic mass is 35.5. The van der Waals surface area contributed by atoms with Crippen LogP contribution in [-0.2, 0) is 4.79 Å². The number of aryl methyl sites for hydroxylation is 2. The number of rotatable bonds is 8. The van der Waals surface area contributed by atoms with Crippen molar-refractivity contribution in [2.24, 2.45) is 0 Å². The van der Waals surface area contributed by atoms with Crippen LogP contribution in [0.5, 0.6) is 5.75 Å². The standard InChI is InChI=1S/C26H25ClN4O2S/c1-4-33-23-13-11-22(12-14-23)31-25(19-6-8-20(27)9-7-19)29-30-26(31)34-16-24(32)28-21-10-5-17(2)18(3)15-21/h5-15H,4,16H2,1-3H3,(H,28,32). The first-order chi connectivity index (χ1) is 16.4. The molecule has 0 aliphatic rings. The molecule has 1 aromatic heterocycles. The fourth-order valence-corrected chi connectivity index (χ4v) is 4.26. The summed E-state index contributed by atoms with van der Waals surface area (Å²) in [6.45, 7) is 6.61. The Morgan fingerprint density at radius 2 is 1.74 bits per heavy atom. The van der Waals surface area contributed by atoms with Gasteiger partial charge in [0.15, 0.2) is 11.0 Å². The predicted octanol–water partition coefficient (Wildman–Crippen LogP) is 6.33. The van der Waals surface area contributed by atoms with Crippen molar-refractivity contribution in [1.29, 1.82) is 0 Å². The number of carbonyl (C=O) groups is 1. The van der Waals surface area contributed by atoms with Gasteiger partial charge in [-0.25, -0.2) is 0 Å². The summed E-state index contributed by atoms with van der Waals surface area (Å²) in [5.41, 5.74) is 4.84. The molecule has 6 nitrogen and oxygen atoms in total. The molecule has 4 rings (SSSR count). The number of anilines is 1. The van der Waals surface area contributed by atoms with Gasteiger partial charge in [-0.1, -0.05) is 29.4 Å². The van der Waals surface area contributed by atoms with Gasteiger partial charge in [-0.2, -0.15) is 0 Å². The van der Waals surface area contributed by atoms with Gasteiger partial charge in [0, 0.05) is 22.0 Å². The van der Waals surface area contributed by atoms with E-state index in [2.05, 4.69) is 15.5 Å². The van der Waals surface area contributed by atoms with E-state index in [-0.39, 0.29) is 11.7 Å². The summed E-state index contributed by atoms with van der Waals surface area (Å²) in [5, 5.41) is 13.0. The summed E-state index contributed by atoms with van der Waals surface area (Å²) in [4.78, 5) is 12.6. The first-order valence-electron chi connectivity index (χ1n) is 10.9. The van der Waals surface area contributed by atoms with Crippen molar-refractivity contribution in [3.63, 3.8) is 0 Å². The van der Waals surface area contributed by atoms with Gasteiger partial charge in [-0.15, -0.1) is 10.2 Å². The SMILES string of the molecule is CCOc1ccc(-n2c(SCC(=O)Nc3ccc(C)c(C)c3)nnc2-c2ccc(Cl)cc2)cc1. The predicted molar refractivity (Wildman–Crippen MR) is 138 cm³/mol. The zero-order chi connectivity index (χ0) is 24.1. The zero-order valence-corrected chi connectivity index (χ0v) is 20.8. The largest absolute Gasteiger partial charge is 0.494 e. The Hall–Kier alpha value is -3.29. The lowest BCUT2D eigenvalue weighted by Crippen LogP contribution is -2.14. The first-order valence-corrected chi connectivity index (χ1v) is 12.3. The highest BCUT2D eigenvalue weighted by molar-refractivity contribution is 7.99. The van der Waals surface area contributed by atoms with E-state index in [1.54, 1.807) is 0 Å². The summed E-state index contributed by atoms with van der Waals surface area (Å²) >= 11 is 7.40. The average Bonchev–Trinajstić information content (AvgIpc) is 3.25. The molecule has 0 atom stereocenters. The number of hydrogen-bond acceptors (Lipinski definition) is 5. The van der Waals surface area contributed by atoms with E-state index in [0.29, 0.717) is 22.6 Å². The summed E-state index contributed by atoms with van der Waals surface area (Å²) < 4.78 is 7.51. The van der Waals surface area contributed by atoms with Gasteiger partial charge < -0.3 is 10.1 Å². The van der Waals surface area contributed by atoms with Crippen molar-refractivity contribution in [1.82, 2.24) is 14.8 Å². The van der Waals surface area contributed by atoms with E-state index < -0.39 is 0 Å². The molecule has 8 heteroatoms. The number of hydrogen-bond donors (Lipinski definition) is 1. The average molecular weight is 493 g/mol. The molecule has 0 spiro atoms. The Balaban J connectivity index is 1.59. The molecule has 4 aromatic rings. The highest BCUT2D eigenvalue weighted by Crippen LogP contribution is 2.29. The quantitative estimate of drug-likeness (QED) is 0.291. The first kappa shape index (κ1) is 23.9. The van der Waals surface area contributed by atoms with E-state index in [9.17, 15) is 4.79 Å². The van der Waals surface area contributed by atoms with E-state index in [1.807, 2.05) is 92.1 Å². The van der Waals surface area contributed by atoms with Crippen LogP contribution in [0, 0.1) is 13.8 Å². The molecule has 0 fully saturated rings. The molecular weight excluding hydrogens is 468 g/mol. The second-order valence-corrected chi connectivity index (χ2v) is 9.09. The molecule has 0 saturated carbocycles. The number of amides is 1. The number of ether oxygens (including phenoxy) is 1. The minimum atomic E-state index is -0.109. The summed E-state index contributed by atoms with van der Waals surface area (Å²) in [7, 11) is 0. The molecule has 174 valence electrons. The van der Waals surface area contributed by atoms with Gasteiger partial charge in [-0.05, 0) is 92.6 Å². The number of nitrogens with one attached hydrogen (secondary N) is 1. The molecule has 3 aromatic carbocycles. The van der Waals surface area contributed by atoms with E-state index in [0.717, 1.165) is 28.3 Å². The highest BCUT2D eigenvalue weighted by Gasteiger charge is 2.18. The molecule has 0 saturated heterocycles. The zero-order valence-electron chi connectivity index (χ0n) is 19.2. The second-order valence-electron chi connectivity index (χ2n) is 7.71. The fraction of sp³-hybridized carbons (Fsp3) is 0.192. The Morgan fingerprint density at radius 1 is 1.00 bits per heavy atom. The lowest BCUT2D eigenvalue weighted by molar-refractivity contribution is -0.113. The van der Waals surface area contributed by atoms with Crippen LogP contribution in [0.25, 0.3) is 17.1 Å². The molecule has 0 radical (unpaired) electrons. The van der Waals surface area contributed by atoms with Crippen LogP contribution in [0.2, 0.25) is 5.02 Å². The van der Waals surface area contributed by atoms with E-state index in [4.69, 9.17) is 16.3 Å². The molecule has 1 amide bonds.